The molecule has 0 saturated carbocycles. The van der Waals surface area contributed by atoms with Gasteiger partial charge in [0.2, 0.25) is 5.95 Å². The van der Waals surface area contributed by atoms with Crippen molar-refractivity contribution in [1.82, 2.24) is 34.1 Å². The molecule has 0 unspecified atom stereocenters. The lowest BCUT2D eigenvalue weighted by molar-refractivity contribution is 0.314. The number of hydrogen-bond donors (Lipinski definition) is 2. The number of hydrogen-bond acceptors (Lipinski definition) is 7. The number of nitrogens with zero attached hydrogens (tertiary/aromatic N) is 7. The van der Waals surface area contributed by atoms with Crippen molar-refractivity contribution in [2.45, 2.75) is 12.2 Å². The highest BCUT2D eigenvalue weighted by atomic mass is 19.1. The van der Waals surface area contributed by atoms with Crippen molar-refractivity contribution < 1.29 is 4.39 Å². The Hall–Kier alpha value is -3.27. The average Bonchev–Trinajstić information content (AvgIpc) is 3.33. The number of fused-ring (bicyclic) bond motifs is 2. The number of alkyl halides is 1. The molecule has 9 nitrogen and oxygen atoms in total. The lowest BCUT2D eigenvalue weighted by Gasteiger charge is -2.15. The Labute approximate surface area is 153 Å². The van der Waals surface area contributed by atoms with Crippen LogP contribution in [0.2, 0.25) is 0 Å². The van der Waals surface area contributed by atoms with E-state index in [1.165, 1.54) is 0 Å². The summed E-state index contributed by atoms with van der Waals surface area (Å²) < 4.78 is 17.4. The van der Waals surface area contributed by atoms with Gasteiger partial charge in [-0.25, -0.2) is 18.4 Å². The predicted molar refractivity (Wildman–Crippen MR) is 99.2 cm³/mol. The van der Waals surface area contributed by atoms with Gasteiger partial charge >= 0.3 is 0 Å². The quantitative estimate of drug-likeness (QED) is 0.559. The van der Waals surface area contributed by atoms with Crippen LogP contribution in [0.15, 0.2) is 36.8 Å². The average molecular weight is 367 g/mol. The molecule has 5 heterocycles. The van der Waals surface area contributed by atoms with Crippen LogP contribution in [0.25, 0.3) is 22.4 Å². The van der Waals surface area contributed by atoms with E-state index < -0.39 is 6.17 Å². The molecule has 2 atom stereocenters. The van der Waals surface area contributed by atoms with Gasteiger partial charge in [0.25, 0.3) is 0 Å². The highest BCUT2D eigenvalue weighted by Gasteiger charge is 2.31. The van der Waals surface area contributed by atoms with Gasteiger partial charge in [0.15, 0.2) is 11.5 Å². The maximum Gasteiger partial charge on any atom is 0.243 e. The number of nitrogens with two attached hydrogens (primary N) is 1. The van der Waals surface area contributed by atoms with E-state index in [-0.39, 0.29) is 6.04 Å². The molecule has 27 heavy (non-hydrogen) atoms. The highest BCUT2D eigenvalue weighted by Crippen LogP contribution is 2.28. The minimum Gasteiger partial charge on any atom is -0.382 e. The second-order valence-corrected chi connectivity index (χ2v) is 6.78. The fraction of sp³-hybridized carbons (Fsp3) is 0.294. The SMILES string of the molecule is CN1C[C@H](F)[C@H](Nc2nc(N)c3c(-c4ccn5nccc5n4)ccn3n2)C1. The number of anilines is 2. The van der Waals surface area contributed by atoms with Crippen LogP contribution in [0.5, 0.6) is 0 Å². The molecule has 4 aromatic rings. The molecular formula is C17H18FN9. The van der Waals surface area contributed by atoms with E-state index in [0.29, 0.717) is 30.4 Å². The van der Waals surface area contributed by atoms with Crippen molar-refractivity contribution in [1.29, 1.82) is 0 Å². The molecule has 0 bridgehead atoms. The third-order valence-electron chi connectivity index (χ3n) is 4.82. The topological polar surface area (TPSA) is 102 Å². The van der Waals surface area contributed by atoms with Gasteiger partial charge in [0, 0.05) is 37.1 Å². The largest absolute Gasteiger partial charge is 0.382 e. The van der Waals surface area contributed by atoms with Gasteiger partial charge < -0.3 is 16.0 Å². The molecule has 1 saturated heterocycles. The molecule has 1 aliphatic rings. The molecule has 5 rings (SSSR count). The van der Waals surface area contributed by atoms with Gasteiger partial charge in [0.1, 0.15) is 11.7 Å². The number of halogens is 1. The fourth-order valence-corrected chi connectivity index (χ4v) is 3.53. The Bertz CT molecular complexity index is 1130. The second kappa shape index (κ2) is 5.88. The number of rotatable bonds is 3. The van der Waals surface area contributed by atoms with Gasteiger partial charge in [-0.15, -0.1) is 5.10 Å². The van der Waals surface area contributed by atoms with Gasteiger partial charge in [-0.05, 0) is 19.2 Å². The first-order valence-electron chi connectivity index (χ1n) is 8.63. The number of likely N-dealkylation sites (tertiary alicyclic amines) is 1. The van der Waals surface area contributed by atoms with Crippen molar-refractivity contribution in [3.8, 4) is 11.3 Å². The molecule has 0 spiro atoms. The standard InChI is InChI=1S/C17H18FN9/c1-25-8-11(18)13(9-25)22-17-23-16(19)15-10(3-6-27(15)24-17)12-4-7-26-14(21-12)2-5-20-26/h2-7,11,13H,8-9H2,1H3,(H3,19,22,23,24)/t11-,13+/m0/s1. The summed E-state index contributed by atoms with van der Waals surface area (Å²) in [5, 5.41) is 11.6. The molecule has 0 aliphatic carbocycles. The monoisotopic (exact) mass is 367 g/mol. The lowest BCUT2D eigenvalue weighted by Crippen LogP contribution is -2.30. The summed E-state index contributed by atoms with van der Waals surface area (Å²) >= 11 is 0. The first-order chi connectivity index (χ1) is 13.1. The number of aromatic nitrogens is 6. The normalized spacial score (nSPS) is 20.7. The summed E-state index contributed by atoms with van der Waals surface area (Å²) in [7, 11) is 1.88. The van der Waals surface area contributed by atoms with Crippen LogP contribution in [0.3, 0.4) is 0 Å². The highest BCUT2D eigenvalue weighted by molar-refractivity contribution is 5.86. The lowest BCUT2D eigenvalue weighted by atomic mass is 10.2. The minimum absolute atomic E-state index is 0.310. The van der Waals surface area contributed by atoms with Crippen LogP contribution < -0.4 is 11.1 Å². The molecule has 10 heteroatoms. The molecule has 1 fully saturated rings. The van der Waals surface area contributed by atoms with Crippen molar-refractivity contribution in [3.05, 3.63) is 36.8 Å². The Balaban J connectivity index is 1.53. The van der Waals surface area contributed by atoms with E-state index >= 15 is 0 Å². The van der Waals surface area contributed by atoms with Crippen LogP contribution in [0, 0.1) is 0 Å². The van der Waals surface area contributed by atoms with Crippen LogP contribution in [-0.4, -0.2) is 66.4 Å². The molecule has 0 aromatic carbocycles. The minimum atomic E-state index is -0.970. The number of nitrogen functional groups attached to an aromatic ring is 1. The number of likely N-dealkylation sites (N-methyl/N-ethyl adjacent to an activating group) is 1. The molecule has 0 amide bonds. The van der Waals surface area contributed by atoms with Gasteiger partial charge in [-0.3, -0.25) is 0 Å². The summed E-state index contributed by atoms with van der Waals surface area (Å²) in [4.78, 5) is 10.9. The van der Waals surface area contributed by atoms with Gasteiger partial charge in [0.05, 0.1) is 17.9 Å². The predicted octanol–water partition coefficient (Wildman–Crippen LogP) is 1.09. The van der Waals surface area contributed by atoms with Gasteiger partial charge in [-0.1, -0.05) is 0 Å². The van der Waals surface area contributed by atoms with E-state index in [1.807, 2.05) is 36.3 Å². The maximum atomic E-state index is 14.1. The van der Waals surface area contributed by atoms with Crippen molar-refractivity contribution in [3.63, 3.8) is 0 Å². The van der Waals surface area contributed by atoms with Crippen LogP contribution >= 0.6 is 0 Å². The first kappa shape index (κ1) is 15.9. The summed E-state index contributed by atoms with van der Waals surface area (Å²) in [6.45, 7) is 0.987. The Morgan fingerprint density at radius 2 is 2.00 bits per heavy atom. The summed E-state index contributed by atoms with van der Waals surface area (Å²) in [5.74, 6) is 0.619. The van der Waals surface area contributed by atoms with E-state index in [4.69, 9.17) is 5.73 Å². The zero-order valence-corrected chi connectivity index (χ0v) is 14.6. The van der Waals surface area contributed by atoms with Crippen LogP contribution in [-0.2, 0) is 0 Å². The van der Waals surface area contributed by atoms with E-state index in [2.05, 4.69) is 25.5 Å². The Morgan fingerprint density at radius 1 is 1.15 bits per heavy atom. The van der Waals surface area contributed by atoms with Crippen molar-refractivity contribution in [2.24, 2.45) is 0 Å². The smallest absolute Gasteiger partial charge is 0.243 e. The molecule has 3 N–H and O–H groups in total. The molecule has 0 radical (unpaired) electrons. The van der Waals surface area contributed by atoms with E-state index in [0.717, 1.165) is 16.9 Å². The fourth-order valence-electron chi connectivity index (χ4n) is 3.53. The third kappa shape index (κ3) is 2.65. The van der Waals surface area contributed by atoms with Gasteiger partial charge in [-0.2, -0.15) is 10.1 Å². The van der Waals surface area contributed by atoms with Crippen LogP contribution in [0.4, 0.5) is 16.2 Å². The molecule has 1 aliphatic heterocycles. The Morgan fingerprint density at radius 3 is 2.81 bits per heavy atom. The summed E-state index contributed by atoms with van der Waals surface area (Å²) in [6.07, 6.45) is 4.36. The molecule has 4 aromatic heterocycles. The molecule has 138 valence electrons. The number of nitrogens with one attached hydrogen (secondary N) is 1. The third-order valence-corrected chi connectivity index (χ3v) is 4.82. The van der Waals surface area contributed by atoms with Crippen molar-refractivity contribution >= 4 is 22.9 Å². The zero-order valence-electron chi connectivity index (χ0n) is 14.6. The molecular weight excluding hydrogens is 349 g/mol. The second-order valence-electron chi connectivity index (χ2n) is 6.78. The first-order valence-corrected chi connectivity index (χ1v) is 8.63. The van der Waals surface area contributed by atoms with E-state index in [1.54, 1.807) is 21.4 Å². The zero-order chi connectivity index (χ0) is 18.5. The summed E-state index contributed by atoms with van der Waals surface area (Å²) in [6, 6.07) is 5.23. The Kier molecular flexibility index (Phi) is 3.47. The maximum absolute atomic E-state index is 14.1. The van der Waals surface area contributed by atoms with E-state index in [9.17, 15) is 4.39 Å². The van der Waals surface area contributed by atoms with Crippen molar-refractivity contribution in [2.75, 3.05) is 31.2 Å². The summed E-state index contributed by atoms with van der Waals surface area (Å²) in [5.41, 5.74) is 9.19. The van der Waals surface area contributed by atoms with Crippen LogP contribution in [0.1, 0.15) is 0 Å².